The molecule has 0 saturated carbocycles. The monoisotopic (exact) mass is 463 g/mol. The molecule has 1 unspecified atom stereocenters. The number of benzene rings is 1. The average Bonchev–Trinajstić information content (AvgIpc) is 2.78. The molecule has 176 valence electrons. The second-order valence-electron chi connectivity index (χ2n) is 7.62. The Bertz CT molecular complexity index is 802. The summed E-state index contributed by atoms with van der Waals surface area (Å²) in [4.78, 5) is 38.9. The number of rotatable bonds is 11. The van der Waals surface area contributed by atoms with Crippen LogP contribution in [-0.2, 0) is 14.3 Å². The number of hydrogen-bond acceptors (Lipinski definition) is 6. The molecule has 1 fully saturated rings. The van der Waals surface area contributed by atoms with Gasteiger partial charge in [0.05, 0.1) is 19.6 Å². The van der Waals surface area contributed by atoms with Crippen LogP contribution in [0, 0.1) is 0 Å². The Hall–Kier alpha value is -2.68. The van der Waals surface area contributed by atoms with Gasteiger partial charge in [-0.15, -0.1) is 0 Å². The number of carbonyl (C=O) groups excluding carboxylic acids is 3. The number of nitrogens with zero attached hydrogens (tertiary/aromatic N) is 1. The SMILES string of the molecule is CCCCCOC(=O)CC1C(=O)NCCN1C(=S)NC(=O)c1cccc(OCCCC)c1. The maximum Gasteiger partial charge on any atom is 0.308 e. The molecule has 1 aliphatic heterocycles. The molecule has 2 N–H and O–H groups in total. The normalized spacial score (nSPS) is 15.6. The Morgan fingerprint density at radius 2 is 1.97 bits per heavy atom. The molecule has 0 spiro atoms. The van der Waals surface area contributed by atoms with Crippen molar-refractivity contribution >= 4 is 35.1 Å². The quantitative estimate of drug-likeness (QED) is 0.296. The summed E-state index contributed by atoms with van der Waals surface area (Å²) in [5.41, 5.74) is 0.398. The van der Waals surface area contributed by atoms with Crippen LogP contribution in [0.15, 0.2) is 24.3 Å². The van der Waals surface area contributed by atoms with Gasteiger partial charge in [0, 0.05) is 18.7 Å². The zero-order valence-corrected chi connectivity index (χ0v) is 19.7. The van der Waals surface area contributed by atoms with Gasteiger partial charge in [-0.25, -0.2) is 0 Å². The van der Waals surface area contributed by atoms with Crippen molar-refractivity contribution in [2.45, 2.75) is 58.4 Å². The first-order valence-corrected chi connectivity index (χ1v) is 11.6. The smallest absolute Gasteiger partial charge is 0.308 e. The molecule has 0 radical (unpaired) electrons. The van der Waals surface area contributed by atoms with Crippen LogP contribution in [0.3, 0.4) is 0 Å². The number of thiocarbonyl (C=S) groups is 1. The van der Waals surface area contributed by atoms with Crippen molar-refractivity contribution in [2.24, 2.45) is 0 Å². The third-order valence-electron chi connectivity index (χ3n) is 5.05. The molecule has 0 aliphatic carbocycles. The van der Waals surface area contributed by atoms with Crippen molar-refractivity contribution in [1.29, 1.82) is 0 Å². The maximum absolute atomic E-state index is 12.7. The van der Waals surface area contributed by atoms with Gasteiger partial charge in [-0.2, -0.15) is 0 Å². The summed E-state index contributed by atoms with van der Waals surface area (Å²) in [5.74, 6) is -0.565. The first-order chi connectivity index (χ1) is 15.5. The minimum atomic E-state index is -0.820. The third kappa shape index (κ3) is 8.11. The highest BCUT2D eigenvalue weighted by atomic mass is 32.1. The molecular formula is C23H33N3O5S. The molecule has 1 saturated heterocycles. The van der Waals surface area contributed by atoms with E-state index in [1.807, 2.05) is 0 Å². The lowest BCUT2D eigenvalue weighted by atomic mass is 10.1. The van der Waals surface area contributed by atoms with Crippen LogP contribution in [0.1, 0.15) is 62.7 Å². The van der Waals surface area contributed by atoms with E-state index >= 15 is 0 Å². The summed E-state index contributed by atoms with van der Waals surface area (Å²) in [6.07, 6.45) is 4.61. The molecule has 32 heavy (non-hydrogen) atoms. The average molecular weight is 464 g/mol. The van der Waals surface area contributed by atoms with Gasteiger partial charge in [-0.1, -0.05) is 39.2 Å². The van der Waals surface area contributed by atoms with Crippen molar-refractivity contribution in [3.8, 4) is 5.75 Å². The predicted octanol–water partition coefficient (Wildman–Crippen LogP) is 2.80. The highest BCUT2D eigenvalue weighted by Crippen LogP contribution is 2.15. The number of carbonyl (C=O) groups is 3. The van der Waals surface area contributed by atoms with Gasteiger partial charge < -0.3 is 19.7 Å². The summed E-state index contributed by atoms with van der Waals surface area (Å²) in [5, 5.41) is 5.52. The van der Waals surface area contributed by atoms with Crippen LogP contribution in [0.4, 0.5) is 0 Å². The number of nitrogens with one attached hydrogen (secondary N) is 2. The molecular weight excluding hydrogens is 430 g/mol. The van der Waals surface area contributed by atoms with Crippen molar-refractivity contribution in [3.63, 3.8) is 0 Å². The van der Waals surface area contributed by atoms with E-state index in [-0.39, 0.29) is 17.4 Å². The molecule has 1 atom stereocenters. The van der Waals surface area contributed by atoms with E-state index in [9.17, 15) is 14.4 Å². The van der Waals surface area contributed by atoms with Gasteiger partial charge in [-0.05, 0) is 43.3 Å². The first-order valence-electron chi connectivity index (χ1n) is 11.2. The van der Waals surface area contributed by atoms with Crippen LogP contribution >= 0.6 is 12.2 Å². The fourth-order valence-corrected chi connectivity index (χ4v) is 3.53. The second kappa shape index (κ2) is 13.7. The Kier molecular flexibility index (Phi) is 10.9. The molecule has 1 aliphatic rings. The van der Waals surface area contributed by atoms with Crippen molar-refractivity contribution < 1.29 is 23.9 Å². The summed E-state index contributed by atoms with van der Waals surface area (Å²) < 4.78 is 10.9. The Balaban J connectivity index is 1.97. The minimum Gasteiger partial charge on any atom is -0.494 e. The number of unbranched alkanes of at least 4 members (excludes halogenated alkanes) is 3. The van der Waals surface area contributed by atoms with E-state index in [1.54, 1.807) is 29.2 Å². The van der Waals surface area contributed by atoms with E-state index < -0.39 is 17.9 Å². The molecule has 9 heteroatoms. The Labute approximate surface area is 195 Å². The topological polar surface area (TPSA) is 97.0 Å². The standard InChI is InChI=1S/C23H33N3O5S/c1-3-5-7-14-31-20(27)16-19-22(29)24-11-12-26(19)23(32)25-21(28)17-9-8-10-18(15-17)30-13-6-4-2/h8-10,15,19H,3-7,11-14,16H2,1-2H3,(H,24,29)(H,25,28,32). The summed E-state index contributed by atoms with van der Waals surface area (Å²) in [6.45, 7) is 5.82. The number of esters is 1. The number of piperazine rings is 1. The van der Waals surface area contributed by atoms with Gasteiger partial charge >= 0.3 is 5.97 Å². The number of amides is 2. The summed E-state index contributed by atoms with van der Waals surface area (Å²) in [6, 6.07) is 6.03. The highest BCUT2D eigenvalue weighted by molar-refractivity contribution is 7.80. The van der Waals surface area contributed by atoms with Crippen molar-refractivity contribution in [1.82, 2.24) is 15.5 Å². The van der Waals surface area contributed by atoms with E-state index in [2.05, 4.69) is 24.5 Å². The summed E-state index contributed by atoms with van der Waals surface area (Å²) in [7, 11) is 0. The second-order valence-corrected chi connectivity index (χ2v) is 8.01. The van der Waals surface area contributed by atoms with Crippen molar-refractivity contribution in [2.75, 3.05) is 26.3 Å². The lowest BCUT2D eigenvalue weighted by Crippen LogP contribution is -2.60. The molecule has 8 nitrogen and oxygen atoms in total. The van der Waals surface area contributed by atoms with Gasteiger partial charge in [0.25, 0.3) is 5.91 Å². The fourth-order valence-electron chi connectivity index (χ4n) is 3.22. The molecule has 2 amide bonds. The lowest BCUT2D eigenvalue weighted by molar-refractivity contribution is -0.147. The van der Waals surface area contributed by atoms with Crippen LogP contribution in [-0.4, -0.2) is 60.1 Å². The first kappa shape index (κ1) is 25.6. The Morgan fingerprint density at radius 3 is 2.72 bits per heavy atom. The lowest BCUT2D eigenvalue weighted by Gasteiger charge is -2.36. The van der Waals surface area contributed by atoms with Gasteiger partial charge in [0.1, 0.15) is 11.8 Å². The molecule has 1 aromatic carbocycles. The van der Waals surface area contributed by atoms with E-state index in [4.69, 9.17) is 21.7 Å². The summed E-state index contributed by atoms with van der Waals surface area (Å²) >= 11 is 5.40. The van der Waals surface area contributed by atoms with Crippen molar-refractivity contribution in [3.05, 3.63) is 29.8 Å². The molecule has 0 aromatic heterocycles. The molecule has 0 bridgehead atoms. The minimum absolute atomic E-state index is 0.103. The third-order valence-corrected chi connectivity index (χ3v) is 5.38. The maximum atomic E-state index is 12.7. The van der Waals surface area contributed by atoms with Gasteiger partial charge in [0.2, 0.25) is 5.91 Å². The van der Waals surface area contributed by atoms with Crippen LogP contribution in [0.5, 0.6) is 5.75 Å². The van der Waals surface area contributed by atoms with Crippen LogP contribution < -0.4 is 15.4 Å². The zero-order chi connectivity index (χ0) is 23.3. The highest BCUT2D eigenvalue weighted by Gasteiger charge is 2.34. The Morgan fingerprint density at radius 1 is 1.19 bits per heavy atom. The van der Waals surface area contributed by atoms with E-state index in [0.717, 1.165) is 32.1 Å². The predicted molar refractivity (Wildman–Crippen MR) is 126 cm³/mol. The number of ether oxygens (including phenoxy) is 2. The van der Waals surface area contributed by atoms with Crippen LogP contribution in [0.25, 0.3) is 0 Å². The molecule has 1 heterocycles. The van der Waals surface area contributed by atoms with E-state index in [1.165, 1.54) is 0 Å². The van der Waals surface area contributed by atoms with Gasteiger partial charge in [0.15, 0.2) is 5.11 Å². The fraction of sp³-hybridized carbons (Fsp3) is 0.565. The zero-order valence-electron chi connectivity index (χ0n) is 18.9. The largest absolute Gasteiger partial charge is 0.494 e. The number of hydrogen-bond donors (Lipinski definition) is 2. The van der Waals surface area contributed by atoms with E-state index in [0.29, 0.717) is 37.6 Å². The molecule has 1 aromatic rings. The van der Waals surface area contributed by atoms with Gasteiger partial charge in [-0.3, -0.25) is 19.7 Å². The van der Waals surface area contributed by atoms with Crippen LogP contribution in [0.2, 0.25) is 0 Å². The molecule has 2 rings (SSSR count).